The van der Waals surface area contributed by atoms with Gasteiger partial charge in [0.15, 0.2) is 9.84 Å². The van der Waals surface area contributed by atoms with Crippen LogP contribution in [0.2, 0.25) is 0 Å². The van der Waals surface area contributed by atoms with Crippen LogP contribution in [0.25, 0.3) is 0 Å². The van der Waals surface area contributed by atoms with Crippen LogP contribution in [0.4, 0.5) is 35.1 Å². The Morgan fingerprint density at radius 2 is 1.41 bits per heavy atom. The number of benzene rings is 2. The second kappa shape index (κ2) is 9.96. The van der Waals surface area contributed by atoms with Crippen LogP contribution in [0, 0.1) is 5.82 Å². The topological polar surface area (TPSA) is 76.5 Å². The number of hydrogen-bond donors (Lipinski definition) is 0. The third-order valence-corrected chi connectivity index (χ3v) is 9.57. The Morgan fingerprint density at radius 3 is 1.93 bits per heavy atom. The summed E-state index contributed by atoms with van der Waals surface area (Å²) in [5.41, 5.74) is -8.28. The third-order valence-electron chi connectivity index (χ3n) is 7.08. The molecule has 220 valence electrons. The summed E-state index contributed by atoms with van der Waals surface area (Å²) in [5.74, 6) is -1.48. The molecule has 1 aromatic heterocycles. The Morgan fingerprint density at radius 1 is 0.854 bits per heavy atom. The van der Waals surface area contributed by atoms with Crippen molar-refractivity contribution in [2.45, 2.75) is 34.1 Å². The summed E-state index contributed by atoms with van der Waals surface area (Å²) in [6, 6.07) is 7.55. The minimum absolute atomic E-state index is 0.00925. The van der Waals surface area contributed by atoms with Crippen molar-refractivity contribution in [3.8, 4) is 0 Å². The highest BCUT2D eigenvalue weighted by Gasteiger charge is 2.73. The van der Waals surface area contributed by atoms with Crippen LogP contribution in [0.5, 0.6) is 0 Å². The van der Waals surface area contributed by atoms with Gasteiger partial charge in [-0.15, -0.1) is 0 Å². The average molecular weight is 609 g/mol. The molecule has 6 nitrogen and oxygen atoms in total. The Balaban J connectivity index is 1.84. The zero-order valence-corrected chi connectivity index (χ0v) is 21.7. The number of carbonyl (C=O) groups excluding carboxylic acids is 1. The third kappa shape index (κ3) is 4.89. The van der Waals surface area contributed by atoms with Crippen molar-refractivity contribution in [1.29, 1.82) is 0 Å². The van der Waals surface area contributed by atoms with Gasteiger partial charge in [-0.05, 0) is 42.3 Å². The molecule has 1 aliphatic heterocycles. The monoisotopic (exact) mass is 608 g/mol. The highest BCUT2D eigenvalue weighted by Crippen LogP contribution is 2.53. The van der Waals surface area contributed by atoms with Gasteiger partial charge in [-0.2, -0.15) is 26.3 Å². The van der Waals surface area contributed by atoms with E-state index < -0.39 is 66.9 Å². The molecule has 1 atom stereocenters. The summed E-state index contributed by atoms with van der Waals surface area (Å²) in [4.78, 5) is 25.6. The molecular weight excluding hydrogens is 588 g/mol. The number of sulfone groups is 1. The molecule has 0 aliphatic carbocycles. The molecule has 1 fully saturated rings. The van der Waals surface area contributed by atoms with Crippen LogP contribution in [0.1, 0.15) is 27.9 Å². The quantitative estimate of drug-likeness (QED) is 0.301. The Labute approximate surface area is 227 Å². The average Bonchev–Trinajstić information content (AvgIpc) is 3.36. The number of amides is 1. The summed E-state index contributed by atoms with van der Waals surface area (Å²) in [5, 5.41) is 0. The zero-order chi connectivity index (χ0) is 30.6. The maximum Gasteiger partial charge on any atom is 0.435 e. The maximum atomic E-state index is 14.6. The van der Waals surface area contributed by atoms with Crippen LogP contribution < -0.4 is 5.56 Å². The number of aromatic nitrogens is 1. The van der Waals surface area contributed by atoms with Crippen molar-refractivity contribution >= 4 is 15.7 Å². The highest BCUT2D eigenvalue weighted by atomic mass is 32.2. The van der Waals surface area contributed by atoms with E-state index in [-0.39, 0.29) is 36.2 Å². The molecule has 1 amide bonds. The first-order valence-electron chi connectivity index (χ1n) is 11.7. The molecule has 0 saturated carbocycles. The minimum Gasteiger partial charge on any atom is -0.337 e. The SMILES string of the molecule is Cn1cc(C(=O)N2CCC(c3ccc(C(F)(C(F)(F)F)C(F)(F)F)cc3)(S(=O)(=O)c3ccc(F)cc3)C2)ccc1=O. The number of nitrogens with zero attached hydrogens (tertiary/aromatic N) is 2. The van der Waals surface area contributed by atoms with Crippen molar-refractivity contribution in [1.82, 2.24) is 9.47 Å². The van der Waals surface area contributed by atoms with Crippen LogP contribution in [-0.4, -0.2) is 49.2 Å². The number of carbonyl (C=O) groups is 1. The van der Waals surface area contributed by atoms with Crippen molar-refractivity contribution in [3.63, 3.8) is 0 Å². The minimum atomic E-state index is -6.38. The largest absolute Gasteiger partial charge is 0.435 e. The first-order valence-corrected chi connectivity index (χ1v) is 13.2. The summed E-state index contributed by atoms with van der Waals surface area (Å²) < 4.78 is 135. The van der Waals surface area contributed by atoms with Gasteiger partial charge in [0, 0.05) is 38.0 Å². The van der Waals surface area contributed by atoms with E-state index in [0.717, 1.165) is 39.8 Å². The second-order valence-corrected chi connectivity index (χ2v) is 11.8. The molecule has 0 bridgehead atoms. The van der Waals surface area contributed by atoms with Crippen molar-refractivity contribution < 1.29 is 48.3 Å². The fourth-order valence-corrected chi connectivity index (χ4v) is 6.88. The summed E-state index contributed by atoms with van der Waals surface area (Å²) in [6.07, 6.45) is -11.9. The lowest BCUT2D eigenvalue weighted by Gasteiger charge is -2.32. The van der Waals surface area contributed by atoms with Crippen molar-refractivity contribution in [2.75, 3.05) is 13.1 Å². The fraction of sp³-hybridized carbons (Fsp3) is 0.308. The van der Waals surface area contributed by atoms with Gasteiger partial charge in [-0.25, -0.2) is 17.2 Å². The fourth-order valence-electron chi connectivity index (χ4n) is 4.80. The van der Waals surface area contributed by atoms with Gasteiger partial charge in [0.25, 0.3) is 5.91 Å². The van der Waals surface area contributed by atoms with E-state index in [1.165, 1.54) is 19.3 Å². The number of likely N-dealkylation sites (tertiary alicyclic amines) is 1. The predicted molar refractivity (Wildman–Crippen MR) is 129 cm³/mol. The molecule has 0 spiro atoms. The second-order valence-electron chi connectivity index (χ2n) is 9.53. The van der Waals surface area contributed by atoms with Gasteiger partial charge >= 0.3 is 18.0 Å². The zero-order valence-electron chi connectivity index (χ0n) is 20.9. The summed E-state index contributed by atoms with van der Waals surface area (Å²) in [7, 11) is -3.22. The van der Waals surface area contributed by atoms with E-state index in [2.05, 4.69) is 0 Å². The predicted octanol–water partition coefficient (Wildman–Crippen LogP) is 5.03. The molecule has 1 aliphatic rings. The van der Waals surface area contributed by atoms with Crippen LogP contribution in [0.3, 0.4) is 0 Å². The van der Waals surface area contributed by atoms with Gasteiger partial charge in [-0.3, -0.25) is 9.59 Å². The van der Waals surface area contributed by atoms with Gasteiger partial charge < -0.3 is 9.47 Å². The van der Waals surface area contributed by atoms with E-state index >= 15 is 0 Å². The Bertz CT molecular complexity index is 1620. The van der Waals surface area contributed by atoms with E-state index in [4.69, 9.17) is 0 Å². The molecule has 1 saturated heterocycles. The Kier molecular flexibility index (Phi) is 7.34. The van der Waals surface area contributed by atoms with Crippen molar-refractivity contribution in [2.24, 2.45) is 7.05 Å². The maximum absolute atomic E-state index is 14.6. The molecule has 41 heavy (non-hydrogen) atoms. The molecular formula is C26H20F8N2O4S. The van der Waals surface area contributed by atoms with Crippen molar-refractivity contribution in [3.05, 3.63) is 99.7 Å². The lowest BCUT2D eigenvalue weighted by Crippen LogP contribution is -2.50. The number of halogens is 8. The number of pyridine rings is 1. The first kappa shape index (κ1) is 30.2. The van der Waals surface area contributed by atoms with E-state index in [9.17, 15) is 53.1 Å². The summed E-state index contributed by atoms with van der Waals surface area (Å²) >= 11 is 0. The first-order chi connectivity index (χ1) is 18.8. The lowest BCUT2D eigenvalue weighted by atomic mass is 9.90. The molecule has 15 heteroatoms. The molecule has 1 unspecified atom stereocenters. The van der Waals surface area contributed by atoms with Crippen LogP contribution >= 0.6 is 0 Å². The normalized spacial score (nSPS) is 18.5. The van der Waals surface area contributed by atoms with Crippen LogP contribution in [-0.2, 0) is 27.3 Å². The lowest BCUT2D eigenvalue weighted by molar-refractivity contribution is -0.348. The number of rotatable bonds is 5. The number of alkyl halides is 7. The number of hydrogen-bond acceptors (Lipinski definition) is 4. The Hall–Kier alpha value is -3.75. The van der Waals surface area contributed by atoms with Gasteiger partial charge in [0.2, 0.25) is 5.56 Å². The molecule has 4 rings (SSSR count). The van der Waals surface area contributed by atoms with E-state index in [0.29, 0.717) is 12.1 Å². The summed E-state index contributed by atoms with van der Waals surface area (Å²) in [6.45, 7) is -0.824. The van der Waals surface area contributed by atoms with E-state index in [1.54, 1.807) is 0 Å². The molecule has 0 radical (unpaired) electrons. The standard InChI is InChI=1S/C26H20F8N2O4S/c1-35-14-16(2-11-21(35)37)22(38)36-13-12-23(15-36,41(39,40)20-9-7-19(27)8-10-20)17-3-5-18(6-4-17)24(28,25(29,30)31)26(32,33)34/h2-11,14H,12-13,15H2,1H3. The highest BCUT2D eigenvalue weighted by molar-refractivity contribution is 7.92. The molecule has 0 N–H and O–H groups in total. The van der Waals surface area contributed by atoms with Gasteiger partial charge in [-0.1, -0.05) is 24.3 Å². The molecule has 3 aromatic rings. The van der Waals surface area contributed by atoms with Gasteiger partial charge in [0.05, 0.1) is 10.5 Å². The van der Waals surface area contributed by atoms with Crippen LogP contribution in [0.15, 0.2) is 76.6 Å². The number of aryl methyl sites for hydroxylation is 1. The van der Waals surface area contributed by atoms with E-state index in [1.807, 2.05) is 0 Å². The smallest absolute Gasteiger partial charge is 0.337 e. The molecule has 2 aromatic carbocycles. The van der Waals surface area contributed by atoms with Gasteiger partial charge in [0.1, 0.15) is 10.6 Å². The molecule has 2 heterocycles.